The summed E-state index contributed by atoms with van der Waals surface area (Å²) < 4.78 is 0. The zero-order chi connectivity index (χ0) is 22.7. The number of nitrogens with one attached hydrogen (secondary N) is 3. The predicted molar refractivity (Wildman–Crippen MR) is 98.0 cm³/mol. The van der Waals surface area contributed by atoms with Gasteiger partial charge in [0.15, 0.2) is 0 Å². The van der Waals surface area contributed by atoms with E-state index in [4.69, 9.17) is 21.7 Å². The maximum atomic E-state index is 12.4. The Labute approximate surface area is 166 Å². The Kier molecular flexibility index (Phi) is 10.9. The van der Waals surface area contributed by atoms with Crippen molar-refractivity contribution in [2.75, 3.05) is 6.54 Å². The molecule has 0 aliphatic carbocycles. The third-order valence-corrected chi connectivity index (χ3v) is 3.76. The Morgan fingerprint density at radius 1 is 0.897 bits per heavy atom. The first-order valence-corrected chi connectivity index (χ1v) is 8.72. The Balaban J connectivity index is 5.41. The van der Waals surface area contributed by atoms with Gasteiger partial charge in [-0.25, -0.2) is 4.79 Å². The zero-order valence-corrected chi connectivity index (χ0v) is 16.1. The smallest absolute Gasteiger partial charge is 0.326 e. The van der Waals surface area contributed by atoms with Crippen LogP contribution < -0.4 is 27.4 Å². The van der Waals surface area contributed by atoms with Crippen molar-refractivity contribution in [3.63, 3.8) is 0 Å². The number of primary amides is 1. The van der Waals surface area contributed by atoms with E-state index in [0.717, 1.165) is 0 Å². The van der Waals surface area contributed by atoms with Gasteiger partial charge in [0.1, 0.15) is 18.1 Å². The normalized spacial score (nSPS) is 13.7. The molecular weight excluding hydrogens is 390 g/mol. The Hall–Kier alpha value is -3.22. The quantitative estimate of drug-likeness (QED) is 0.160. The van der Waals surface area contributed by atoms with Crippen LogP contribution in [0.1, 0.15) is 33.1 Å². The molecule has 13 heteroatoms. The minimum absolute atomic E-state index is 0.210. The summed E-state index contributed by atoms with van der Waals surface area (Å²) in [5.74, 6) is -6.72. The van der Waals surface area contributed by atoms with Crippen LogP contribution in [0.3, 0.4) is 0 Å². The highest BCUT2D eigenvalue weighted by molar-refractivity contribution is 5.95. The lowest BCUT2D eigenvalue weighted by molar-refractivity contribution is -0.144. The second-order valence-corrected chi connectivity index (χ2v) is 6.56. The minimum Gasteiger partial charge on any atom is -0.481 e. The van der Waals surface area contributed by atoms with Crippen LogP contribution in [0.2, 0.25) is 0 Å². The Bertz CT molecular complexity index is 651. The lowest BCUT2D eigenvalue weighted by Gasteiger charge is -2.24. The van der Waals surface area contributed by atoms with E-state index in [2.05, 4.69) is 16.0 Å². The SMILES string of the molecule is CC(C)C(NC(=O)C(CC(=O)O)NC(=O)C(CCC(N)=O)NC(=O)CN)C(=O)O. The summed E-state index contributed by atoms with van der Waals surface area (Å²) in [6, 6.07) is -4.23. The maximum Gasteiger partial charge on any atom is 0.326 e. The Morgan fingerprint density at radius 2 is 1.45 bits per heavy atom. The molecule has 0 spiro atoms. The monoisotopic (exact) mass is 417 g/mol. The molecule has 0 saturated heterocycles. The maximum absolute atomic E-state index is 12.4. The van der Waals surface area contributed by atoms with Crippen LogP contribution >= 0.6 is 0 Å². The first kappa shape index (κ1) is 25.8. The molecule has 0 rings (SSSR count). The molecule has 29 heavy (non-hydrogen) atoms. The topological polar surface area (TPSA) is 231 Å². The van der Waals surface area contributed by atoms with E-state index < -0.39 is 72.6 Å². The largest absolute Gasteiger partial charge is 0.481 e. The van der Waals surface area contributed by atoms with Crippen molar-refractivity contribution < 1.29 is 39.0 Å². The van der Waals surface area contributed by atoms with Crippen LogP contribution in [-0.2, 0) is 28.8 Å². The number of carbonyl (C=O) groups excluding carboxylic acids is 4. The van der Waals surface area contributed by atoms with E-state index >= 15 is 0 Å². The summed E-state index contributed by atoms with van der Waals surface area (Å²) in [5, 5.41) is 24.7. The predicted octanol–water partition coefficient (Wildman–Crippen LogP) is -3.12. The second kappa shape index (κ2) is 12.3. The molecule has 0 aliphatic rings. The van der Waals surface area contributed by atoms with Crippen molar-refractivity contribution >= 4 is 35.6 Å². The van der Waals surface area contributed by atoms with Gasteiger partial charge in [0.05, 0.1) is 13.0 Å². The average Bonchev–Trinajstić information content (AvgIpc) is 2.60. The number of carbonyl (C=O) groups is 6. The summed E-state index contributed by atoms with van der Waals surface area (Å²) in [5.41, 5.74) is 10.2. The highest BCUT2D eigenvalue weighted by Gasteiger charge is 2.32. The van der Waals surface area contributed by atoms with Gasteiger partial charge < -0.3 is 37.6 Å². The average molecular weight is 417 g/mol. The number of carboxylic acids is 2. The van der Waals surface area contributed by atoms with Gasteiger partial charge in [-0.15, -0.1) is 0 Å². The molecule has 0 radical (unpaired) electrons. The van der Waals surface area contributed by atoms with Gasteiger partial charge in [-0.05, 0) is 12.3 Å². The van der Waals surface area contributed by atoms with E-state index in [1.165, 1.54) is 13.8 Å². The van der Waals surface area contributed by atoms with Gasteiger partial charge in [-0.3, -0.25) is 24.0 Å². The molecule has 0 aromatic carbocycles. The van der Waals surface area contributed by atoms with Crippen LogP contribution in [0, 0.1) is 5.92 Å². The van der Waals surface area contributed by atoms with E-state index in [9.17, 15) is 28.8 Å². The van der Waals surface area contributed by atoms with Gasteiger partial charge >= 0.3 is 11.9 Å². The number of nitrogens with two attached hydrogens (primary N) is 2. The van der Waals surface area contributed by atoms with E-state index in [1.54, 1.807) is 0 Å². The summed E-state index contributed by atoms with van der Waals surface area (Å²) in [7, 11) is 0. The van der Waals surface area contributed by atoms with Crippen LogP contribution in [0.5, 0.6) is 0 Å². The molecule has 9 N–H and O–H groups in total. The number of hydrogen-bond acceptors (Lipinski definition) is 7. The van der Waals surface area contributed by atoms with E-state index in [1.807, 2.05) is 0 Å². The molecule has 13 nitrogen and oxygen atoms in total. The fourth-order valence-corrected chi connectivity index (χ4v) is 2.23. The molecular formula is C16H27N5O8. The number of aliphatic carboxylic acids is 2. The lowest BCUT2D eigenvalue weighted by atomic mass is 10.0. The number of hydrogen-bond donors (Lipinski definition) is 7. The van der Waals surface area contributed by atoms with Crippen molar-refractivity contribution in [1.82, 2.24) is 16.0 Å². The molecule has 3 unspecified atom stereocenters. The zero-order valence-electron chi connectivity index (χ0n) is 16.1. The standard InChI is InChI=1S/C16H27N5O8/c1-7(2)13(16(28)29)21-15(27)9(5-12(24)25)20-14(26)8(3-4-10(18)22)19-11(23)6-17/h7-9,13H,3-6,17H2,1-2H3,(H2,18,22)(H,19,23)(H,20,26)(H,21,27)(H,24,25)(H,28,29). The third-order valence-electron chi connectivity index (χ3n) is 3.76. The van der Waals surface area contributed by atoms with Crippen LogP contribution in [-0.4, -0.2) is 70.5 Å². The molecule has 0 aromatic rings. The van der Waals surface area contributed by atoms with Gasteiger partial charge in [0.2, 0.25) is 23.6 Å². The van der Waals surface area contributed by atoms with Crippen LogP contribution in [0.15, 0.2) is 0 Å². The summed E-state index contributed by atoms with van der Waals surface area (Å²) >= 11 is 0. The first-order chi connectivity index (χ1) is 13.4. The summed E-state index contributed by atoms with van der Waals surface area (Å²) in [6.45, 7) is 2.62. The van der Waals surface area contributed by atoms with Gasteiger partial charge in [0, 0.05) is 6.42 Å². The summed E-state index contributed by atoms with van der Waals surface area (Å²) in [6.07, 6.45) is -1.32. The fraction of sp³-hybridized carbons (Fsp3) is 0.625. The van der Waals surface area contributed by atoms with E-state index in [-0.39, 0.29) is 12.8 Å². The highest BCUT2D eigenvalue weighted by Crippen LogP contribution is 2.05. The highest BCUT2D eigenvalue weighted by atomic mass is 16.4. The van der Waals surface area contributed by atoms with Crippen LogP contribution in [0.25, 0.3) is 0 Å². The van der Waals surface area contributed by atoms with Crippen molar-refractivity contribution in [2.24, 2.45) is 17.4 Å². The van der Waals surface area contributed by atoms with Crippen molar-refractivity contribution in [3.05, 3.63) is 0 Å². The third kappa shape index (κ3) is 10.0. The molecule has 0 heterocycles. The molecule has 4 amide bonds. The first-order valence-electron chi connectivity index (χ1n) is 8.72. The van der Waals surface area contributed by atoms with Crippen molar-refractivity contribution in [1.29, 1.82) is 0 Å². The fourth-order valence-electron chi connectivity index (χ4n) is 2.23. The Morgan fingerprint density at radius 3 is 1.86 bits per heavy atom. The van der Waals surface area contributed by atoms with E-state index in [0.29, 0.717) is 0 Å². The van der Waals surface area contributed by atoms with Crippen LogP contribution in [0.4, 0.5) is 0 Å². The van der Waals surface area contributed by atoms with Gasteiger partial charge in [-0.1, -0.05) is 13.8 Å². The van der Waals surface area contributed by atoms with Crippen molar-refractivity contribution in [2.45, 2.75) is 51.2 Å². The summed E-state index contributed by atoms with van der Waals surface area (Å²) in [4.78, 5) is 69.6. The van der Waals surface area contributed by atoms with Gasteiger partial charge in [0.25, 0.3) is 0 Å². The number of rotatable bonds is 13. The molecule has 0 fully saturated rings. The van der Waals surface area contributed by atoms with Gasteiger partial charge in [-0.2, -0.15) is 0 Å². The molecule has 3 atom stereocenters. The molecule has 0 aliphatic heterocycles. The van der Waals surface area contributed by atoms with Crippen molar-refractivity contribution in [3.8, 4) is 0 Å². The molecule has 0 aromatic heterocycles. The minimum atomic E-state index is -1.62. The number of amides is 4. The molecule has 0 bridgehead atoms. The molecule has 164 valence electrons. The second-order valence-electron chi connectivity index (χ2n) is 6.56. The molecule has 0 saturated carbocycles. The lowest BCUT2D eigenvalue weighted by Crippen LogP contribution is -2.57. The number of carboxylic acid groups (broad SMARTS) is 2.